The Morgan fingerprint density at radius 1 is 1.33 bits per heavy atom. The van der Waals surface area contributed by atoms with Crippen LogP contribution in [0.5, 0.6) is 5.88 Å². The van der Waals surface area contributed by atoms with Crippen LogP contribution in [-0.2, 0) is 0 Å². The van der Waals surface area contributed by atoms with E-state index in [0.29, 0.717) is 11.6 Å². The van der Waals surface area contributed by atoms with Gasteiger partial charge in [-0.25, -0.2) is 4.98 Å². The minimum Gasteiger partial charge on any atom is -0.481 e. The molecule has 0 bridgehead atoms. The van der Waals surface area contributed by atoms with Crippen LogP contribution in [-0.4, -0.2) is 60.5 Å². The highest BCUT2D eigenvalue weighted by Crippen LogP contribution is 2.11. The first-order valence-electron chi connectivity index (χ1n) is 6.27. The second kappa shape index (κ2) is 5.82. The van der Waals surface area contributed by atoms with Gasteiger partial charge < -0.3 is 14.5 Å². The molecule has 0 aromatic carbocycles. The maximum atomic E-state index is 12.3. The molecule has 5 nitrogen and oxygen atoms in total. The van der Waals surface area contributed by atoms with Gasteiger partial charge >= 0.3 is 0 Å². The number of ether oxygens (including phenoxy) is 1. The van der Waals surface area contributed by atoms with E-state index in [4.69, 9.17) is 4.74 Å². The van der Waals surface area contributed by atoms with Crippen molar-refractivity contribution in [3.63, 3.8) is 0 Å². The number of carbonyl (C=O) groups excluding carboxylic acids is 1. The first-order valence-corrected chi connectivity index (χ1v) is 6.27. The molecular formula is C13H19N3O2. The van der Waals surface area contributed by atoms with E-state index in [1.807, 2.05) is 4.90 Å². The van der Waals surface area contributed by atoms with Gasteiger partial charge in [0, 0.05) is 32.2 Å². The molecule has 1 aromatic rings. The molecule has 0 spiro atoms. The Labute approximate surface area is 107 Å². The maximum Gasteiger partial charge on any atom is 0.272 e. The van der Waals surface area contributed by atoms with E-state index in [9.17, 15) is 4.79 Å². The summed E-state index contributed by atoms with van der Waals surface area (Å²) < 4.78 is 5.04. The Hall–Kier alpha value is -1.62. The van der Waals surface area contributed by atoms with Crippen LogP contribution < -0.4 is 4.74 Å². The number of aromatic nitrogens is 1. The van der Waals surface area contributed by atoms with E-state index in [1.54, 1.807) is 25.3 Å². The van der Waals surface area contributed by atoms with Gasteiger partial charge in [0.05, 0.1) is 7.11 Å². The van der Waals surface area contributed by atoms with Crippen LogP contribution in [0, 0.1) is 0 Å². The quantitative estimate of drug-likeness (QED) is 0.797. The van der Waals surface area contributed by atoms with Crippen molar-refractivity contribution in [1.82, 2.24) is 14.8 Å². The summed E-state index contributed by atoms with van der Waals surface area (Å²) in [7, 11) is 1.55. The number of hydrogen-bond acceptors (Lipinski definition) is 4. The minimum absolute atomic E-state index is 0.00958. The van der Waals surface area contributed by atoms with E-state index in [2.05, 4.69) is 16.8 Å². The third-order valence-corrected chi connectivity index (χ3v) is 3.26. The highest BCUT2D eigenvalue weighted by molar-refractivity contribution is 5.92. The number of piperazine rings is 1. The molecule has 1 aromatic heterocycles. The molecule has 0 saturated carbocycles. The minimum atomic E-state index is -0.00958. The molecule has 98 valence electrons. The van der Waals surface area contributed by atoms with Gasteiger partial charge in [-0.2, -0.15) is 0 Å². The number of carbonyl (C=O) groups is 1. The Kier molecular flexibility index (Phi) is 4.15. The molecule has 2 rings (SSSR count). The predicted molar refractivity (Wildman–Crippen MR) is 68.8 cm³/mol. The summed E-state index contributed by atoms with van der Waals surface area (Å²) >= 11 is 0. The number of hydrogen-bond donors (Lipinski definition) is 0. The molecule has 0 atom stereocenters. The van der Waals surface area contributed by atoms with Gasteiger partial charge in [0.1, 0.15) is 5.69 Å². The van der Waals surface area contributed by atoms with Gasteiger partial charge in [-0.1, -0.05) is 13.0 Å². The van der Waals surface area contributed by atoms with Crippen molar-refractivity contribution in [2.24, 2.45) is 0 Å². The number of pyridine rings is 1. The summed E-state index contributed by atoms with van der Waals surface area (Å²) in [6.45, 7) is 6.59. The van der Waals surface area contributed by atoms with Gasteiger partial charge in [-0.15, -0.1) is 0 Å². The van der Waals surface area contributed by atoms with Crippen molar-refractivity contribution < 1.29 is 9.53 Å². The number of amides is 1. The first-order chi connectivity index (χ1) is 8.74. The van der Waals surface area contributed by atoms with Gasteiger partial charge in [-0.05, 0) is 12.6 Å². The average molecular weight is 249 g/mol. The maximum absolute atomic E-state index is 12.3. The van der Waals surface area contributed by atoms with E-state index in [0.717, 1.165) is 32.7 Å². The Balaban J connectivity index is 2.03. The fourth-order valence-corrected chi connectivity index (χ4v) is 2.08. The second-order valence-corrected chi connectivity index (χ2v) is 4.29. The molecule has 0 N–H and O–H groups in total. The van der Waals surface area contributed by atoms with Gasteiger partial charge in [-0.3, -0.25) is 4.79 Å². The van der Waals surface area contributed by atoms with Gasteiger partial charge in [0.25, 0.3) is 5.91 Å². The molecule has 0 radical (unpaired) electrons. The standard InChI is InChI=1S/C13H19N3O2/c1-3-15-7-9-16(10-8-15)13(17)11-5-4-6-12(14-11)18-2/h4-6H,3,7-10H2,1-2H3. The van der Waals surface area contributed by atoms with E-state index in [1.165, 1.54) is 0 Å². The molecule has 2 heterocycles. The Bertz CT molecular complexity index is 414. The third kappa shape index (κ3) is 2.79. The van der Waals surface area contributed by atoms with Crippen LogP contribution in [0.3, 0.4) is 0 Å². The fraction of sp³-hybridized carbons (Fsp3) is 0.538. The summed E-state index contributed by atoms with van der Waals surface area (Å²) in [5.74, 6) is 0.470. The molecule has 0 aliphatic carbocycles. The highest BCUT2D eigenvalue weighted by Gasteiger charge is 2.22. The zero-order valence-electron chi connectivity index (χ0n) is 10.9. The largest absolute Gasteiger partial charge is 0.481 e. The lowest BCUT2D eigenvalue weighted by Gasteiger charge is -2.33. The summed E-state index contributed by atoms with van der Waals surface area (Å²) in [5.41, 5.74) is 0.458. The average Bonchev–Trinajstić information content (AvgIpc) is 2.46. The Morgan fingerprint density at radius 3 is 2.67 bits per heavy atom. The van der Waals surface area contributed by atoms with E-state index in [-0.39, 0.29) is 5.91 Å². The second-order valence-electron chi connectivity index (χ2n) is 4.29. The predicted octanol–water partition coefficient (Wildman–Crippen LogP) is 0.868. The lowest BCUT2D eigenvalue weighted by atomic mass is 10.2. The van der Waals surface area contributed by atoms with Gasteiger partial charge in [0.15, 0.2) is 0 Å². The Morgan fingerprint density at radius 2 is 2.06 bits per heavy atom. The van der Waals surface area contributed by atoms with Crippen LogP contribution in [0.15, 0.2) is 18.2 Å². The smallest absolute Gasteiger partial charge is 0.272 e. The van der Waals surface area contributed by atoms with Gasteiger partial charge in [0.2, 0.25) is 5.88 Å². The fourth-order valence-electron chi connectivity index (χ4n) is 2.08. The number of methoxy groups -OCH3 is 1. The molecule has 18 heavy (non-hydrogen) atoms. The zero-order chi connectivity index (χ0) is 13.0. The van der Waals surface area contributed by atoms with Crippen molar-refractivity contribution in [3.05, 3.63) is 23.9 Å². The third-order valence-electron chi connectivity index (χ3n) is 3.26. The lowest BCUT2D eigenvalue weighted by Crippen LogP contribution is -2.48. The zero-order valence-corrected chi connectivity index (χ0v) is 10.9. The van der Waals surface area contributed by atoms with Crippen molar-refractivity contribution >= 4 is 5.91 Å². The molecule has 1 aliphatic heterocycles. The van der Waals surface area contributed by atoms with Crippen molar-refractivity contribution in [2.45, 2.75) is 6.92 Å². The van der Waals surface area contributed by atoms with Crippen LogP contribution in [0.1, 0.15) is 17.4 Å². The van der Waals surface area contributed by atoms with E-state index >= 15 is 0 Å². The summed E-state index contributed by atoms with van der Waals surface area (Å²) in [5, 5.41) is 0. The van der Waals surface area contributed by atoms with Crippen LogP contribution in [0.25, 0.3) is 0 Å². The van der Waals surface area contributed by atoms with E-state index < -0.39 is 0 Å². The van der Waals surface area contributed by atoms with Crippen LogP contribution in [0.4, 0.5) is 0 Å². The molecule has 1 amide bonds. The summed E-state index contributed by atoms with van der Waals surface area (Å²) in [4.78, 5) is 20.6. The van der Waals surface area contributed by atoms with Crippen LogP contribution >= 0.6 is 0 Å². The number of rotatable bonds is 3. The van der Waals surface area contributed by atoms with Crippen molar-refractivity contribution in [3.8, 4) is 5.88 Å². The SMILES string of the molecule is CCN1CCN(C(=O)c2cccc(OC)n2)CC1. The normalized spacial score (nSPS) is 16.7. The molecular weight excluding hydrogens is 230 g/mol. The van der Waals surface area contributed by atoms with Crippen molar-refractivity contribution in [2.75, 3.05) is 39.8 Å². The molecule has 5 heteroatoms. The van der Waals surface area contributed by atoms with Crippen molar-refractivity contribution in [1.29, 1.82) is 0 Å². The van der Waals surface area contributed by atoms with Crippen LogP contribution in [0.2, 0.25) is 0 Å². The lowest BCUT2D eigenvalue weighted by molar-refractivity contribution is 0.0636. The molecule has 1 fully saturated rings. The summed E-state index contributed by atoms with van der Waals surface area (Å²) in [6.07, 6.45) is 0. The monoisotopic (exact) mass is 249 g/mol. The summed E-state index contributed by atoms with van der Waals surface area (Å²) in [6, 6.07) is 5.27. The first kappa shape index (κ1) is 12.8. The molecule has 1 aliphatic rings. The molecule has 0 unspecified atom stereocenters. The highest BCUT2D eigenvalue weighted by atomic mass is 16.5. The topological polar surface area (TPSA) is 45.7 Å². The number of nitrogens with zero attached hydrogens (tertiary/aromatic N) is 3. The molecule has 1 saturated heterocycles. The number of likely N-dealkylation sites (N-methyl/N-ethyl adjacent to an activating group) is 1.